The minimum Gasteiger partial charge on any atom is -0.366 e. The monoisotopic (exact) mass is 550 g/mol. The van der Waals surface area contributed by atoms with Crippen molar-refractivity contribution < 1.29 is 4.79 Å². The molecule has 1 saturated heterocycles. The van der Waals surface area contributed by atoms with E-state index in [-0.39, 0.29) is 5.91 Å². The Kier molecular flexibility index (Phi) is 8.26. The number of rotatable bonds is 9. The normalized spacial score (nSPS) is 19.4. The van der Waals surface area contributed by atoms with Crippen LogP contribution in [0.1, 0.15) is 54.9 Å². The maximum absolute atomic E-state index is 12.4. The first kappa shape index (κ1) is 26.1. The third-order valence-corrected chi connectivity index (χ3v) is 7.59. The summed E-state index contributed by atoms with van der Waals surface area (Å²) < 4.78 is 0.706. The summed E-state index contributed by atoms with van der Waals surface area (Å²) in [6, 6.07) is 12.6. The van der Waals surface area contributed by atoms with Crippen LogP contribution in [0.25, 0.3) is 0 Å². The van der Waals surface area contributed by atoms with Crippen molar-refractivity contribution in [3.63, 3.8) is 0 Å². The number of piperidine rings is 1. The first-order valence-electron chi connectivity index (χ1n) is 12.4. The topological polar surface area (TPSA) is 89.9 Å². The van der Waals surface area contributed by atoms with E-state index in [1.807, 2.05) is 32.0 Å². The molecule has 2 aromatic carbocycles. The zero-order valence-corrected chi connectivity index (χ0v) is 22.8. The molecule has 2 heterocycles. The van der Waals surface area contributed by atoms with Gasteiger partial charge < -0.3 is 21.3 Å². The summed E-state index contributed by atoms with van der Waals surface area (Å²) in [5, 5.41) is 13.2. The van der Waals surface area contributed by atoms with Gasteiger partial charge in [0.05, 0.1) is 9.90 Å². The van der Waals surface area contributed by atoms with Crippen molar-refractivity contribution in [2.24, 2.45) is 9.98 Å². The number of fused-ring (bicyclic) bond motifs is 1. The second-order valence-corrected chi connectivity index (χ2v) is 10.7. The highest BCUT2D eigenvalue weighted by atomic mass is 79.9. The Morgan fingerprint density at radius 1 is 1.31 bits per heavy atom. The Bertz CT molecular complexity index is 1200. The molecule has 190 valence electrons. The third kappa shape index (κ3) is 5.71. The van der Waals surface area contributed by atoms with Crippen molar-refractivity contribution in [3.8, 4) is 0 Å². The maximum atomic E-state index is 12.4. The average Bonchev–Trinajstić information content (AvgIpc) is 3.11. The molecule has 0 radical (unpaired) electrons. The van der Waals surface area contributed by atoms with E-state index in [0.717, 1.165) is 35.6 Å². The van der Waals surface area contributed by atoms with Crippen molar-refractivity contribution in [3.05, 3.63) is 69.0 Å². The minimum absolute atomic E-state index is 0.0132. The number of nitrogens with zero attached hydrogens (tertiary/aromatic N) is 2. The number of carbonyl (C=O) groups is 1. The SMILES string of the molecule is C=N/C(NCc1cccc2c1C(C)(C)C(=O)N2)=C(Br)\C=N/CNc1ccc(C2CCCNC2)cc1C. The van der Waals surface area contributed by atoms with Crippen LogP contribution in [0.15, 0.2) is 56.7 Å². The quantitative estimate of drug-likeness (QED) is 0.323. The standard InChI is InChI=1S/C28H35BrN6O/c1-18-13-19(20-8-6-12-31-14-20)10-11-23(18)34-17-32-16-22(29)26(30-4)33-15-21-7-5-9-24-25(21)28(2,3)27(36)35-24/h5,7,9-11,13,16,20,31,33-34H,4,6,8,12,14-15,17H2,1-3H3,(H,35,36)/b26-22-,32-16-. The average molecular weight is 552 g/mol. The predicted octanol–water partition coefficient (Wildman–Crippen LogP) is 5.19. The second-order valence-electron chi connectivity index (χ2n) is 9.89. The molecule has 0 aliphatic carbocycles. The zero-order chi connectivity index (χ0) is 25.7. The fourth-order valence-electron chi connectivity index (χ4n) is 4.97. The molecule has 0 spiro atoms. The summed E-state index contributed by atoms with van der Waals surface area (Å²) >= 11 is 3.56. The lowest BCUT2D eigenvalue weighted by Gasteiger charge is -2.24. The summed E-state index contributed by atoms with van der Waals surface area (Å²) in [5.74, 6) is 1.20. The molecular formula is C28H35BrN6O. The number of hydrogen-bond acceptors (Lipinski definition) is 6. The number of nitrogens with one attached hydrogen (secondary N) is 4. The molecule has 1 amide bonds. The Labute approximate surface area is 222 Å². The molecule has 4 rings (SSSR count). The number of aliphatic imine (C=N–C) groups is 2. The van der Waals surface area contributed by atoms with Crippen molar-refractivity contribution in [1.82, 2.24) is 10.6 Å². The van der Waals surface area contributed by atoms with E-state index in [0.29, 0.717) is 29.4 Å². The van der Waals surface area contributed by atoms with Crippen LogP contribution in [0.3, 0.4) is 0 Å². The smallest absolute Gasteiger partial charge is 0.234 e. The molecule has 1 fully saturated rings. The minimum atomic E-state index is -0.576. The Balaban J connectivity index is 1.35. The molecule has 0 aromatic heterocycles. The lowest BCUT2D eigenvalue weighted by atomic mass is 9.83. The van der Waals surface area contributed by atoms with E-state index >= 15 is 0 Å². The van der Waals surface area contributed by atoms with Crippen molar-refractivity contribution >= 4 is 46.1 Å². The molecule has 2 aromatic rings. The van der Waals surface area contributed by atoms with Gasteiger partial charge >= 0.3 is 0 Å². The number of benzene rings is 2. The summed E-state index contributed by atoms with van der Waals surface area (Å²) in [6.07, 6.45) is 4.21. The van der Waals surface area contributed by atoms with Crippen molar-refractivity contribution in [1.29, 1.82) is 0 Å². The molecular weight excluding hydrogens is 516 g/mol. The van der Waals surface area contributed by atoms with Crippen LogP contribution < -0.4 is 21.3 Å². The van der Waals surface area contributed by atoms with Gasteiger partial charge in [-0.15, -0.1) is 0 Å². The fraction of sp³-hybridized carbons (Fsp3) is 0.393. The van der Waals surface area contributed by atoms with Crippen molar-refractivity contribution in [2.45, 2.75) is 51.5 Å². The molecule has 1 unspecified atom stereocenters. The van der Waals surface area contributed by atoms with E-state index in [1.165, 1.54) is 24.0 Å². The van der Waals surface area contributed by atoms with Crippen LogP contribution in [0.4, 0.5) is 11.4 Å². The summed E-state index contributed by atoms with van der Waals surface area (Å²) in [4.78, 5) is 21.0. The van der Waals surface area contributed by atoms with Gasteiger partial charge in [0.1, 0.15) is 12.5 Å². The zero-order valence-electron chi connectivity index (χ0n) is 21.2. The van der Waals surface area contributed by atoms with Gasteiger partial charge in [-0.1, -0.05) is 24.3 Å². The molecule has 8 heteroatoms. The van der Waals surface area contributed by atoms with Crippen LogP contribution in [0, 0.1) is 6.92 Å². The molecule has 1 atom stereocenters. The highest BCUT2D eigenvalue weighted by molar-refractivity contribution is 9.12. The van der Waals surface area contributed by atoms with Crippen LogP contribution in [0.5, 0.6) is 0 Å². The number of amides is 1. The largest absolute Gasteiger partial charge is 0.366 e. The summed E-state index contributed by atoms with van der Waals surface area (Å²) in [6.45, 7) is 12.9. The first-order valence-corrected chi connectivity index (χ1v) is 13.2. The summed E-state index contributed by atoms with van der Waals surface area (Å²) in [5.41, 5.74) is 6.06. The molecule has 4 N–H and O–H groups in total. The Morgan fingerprint density at radius 3 is 2.86 bits per heavy atom. The number of hydrogen-bond donors (Lipinski definition) is 4. The van der Waals surface area contributed by atoms with E-state index < -0.39 is 5.41 Å². The van der Waals surface area contributed by atoms with E-state index in [1.54, 1.807) is 6.21 Å². The van der Waals surface area contributed by atoms with Gasteiger partial charge in [-0.05, 0) is 103 Å². The van der Waals surface area contributed by atoms with E-state index in [9.17, 15) is 4.79 Å². The van der Waals surface area contributed by atoms with Gasteiger partial charge in [0, 0.05) is 30.7 Å². The van der Waals surface area contributed by atoms with Gasteiger partial charge in [-0.25, -0.2) is 4.99 Å². The predicted molar refractivity (Wildman–Crippen MR) is 153 cm³/mol. The lowest BCUT2D eigenvalue weighted by Crippen LogP contribution is -2.28. The Morgan fingerprint density at radius 2 is 2.14 bits per heavy atom. The highest BCUT2D eigenvalue weighted by Gasteiger charge is 2.39. The first-order chi connectivity index (χ1) is 17.3. The van der Waals surface area contributed by atoms with Gasteiger partial charge in [0.25, 0.3) is 0 Å². The molecule has 2 aliphatic rings. The number of halogens is 1. The van der Waals surface area contributed by atoms with Crippen LogP contribution in [-0.4, -0.2) is 38.6 Å². The lowest BCUT2D eigenvalue weighted by molar-refractivity contribution is -0.119. The fourth-order valence-corrected chi connectivity index (χ4v) is 5.38. The highest BCUT2D eigenvalue weighted by Crippen LogP contribution is 2.39. The van der Waals surface area contributed by atoms with Crippen LogP contribution in [-0.2, 0) is 16.8 Å². The van der Waals surface area contributed by atoms with Gasteiger partial charge in [-0.2, -0.15) is 0 Å². The Hall–Kier alpha value is -2.97. The van der Waals surface area contributed by atoms with Gasteiger partial charge in [-0.3, -0.25) is 9.79 Å². The second kappa shape index (κ2) is 11.4. The van der Waals surface area contributed by atoms with Crippen LogP contribution >= 0.6 is 15.9 Å². The van der Waals surface area contributed by atoms with E-state index in [4.69, 9.17) is 0 Å². The third-order valence-electron chi connectivity index (χ3n) is 7.01. The molecule has 2 aliphatic heterocycles. The molecule has 36 heavy (non-hydrogen) atoms. The van der Waals surface area contributed by atoms with Crippen LogP contribution in [0.2, 0.25) is 0 Å². The summed E-state index contributed by atoms with van der Waals surface area (Å²) in [7, 11) is 0. The number of anilines is 2. The van der Waals surface area contributed by atoms with Gasteiger partial charge in [0.15, 0.2) is 0 Å². The number of allylic oxidation sites excluding steroid dienone is 1. The number of aryl methyl sites for hydroxylation is 1. The van der Waals surface area contributed by atoms with Crippen molar-refractivity contribution in [2.75, 3.05) is 30.4 Å². The molecule has 7 nitrogen and oxygen atoms in total. The maximum Gasteiger partial charge on any atom is 0.234 e. The van der Waals surface area contributed by atoms with Gasteiger partial charge in [0.2, 0.25) is 5.91 Å². The molecule has 0 bridgehead atoms. The van der Waals surface area contributed by atoms with E-state index in [2.05, 4.69) is 79.0 Å². The number of carbonyl (C=O) groups excluding carboxylic acids is 1. The molecule has 0 saturated carbocycles.